The number of nitrogens with one attached hydrogen (secondary N) is 1. The Morgan fingerprint density at radius 2 is 1.52 bits per heavy atom. The molecule has 7 nitrogen and oxygen atoms in total. The van der Waals surface area contributed by atoms with E-state index in [9.17, 15) is 36.6 Å². The third kappa shape index (κ3) is 4.83. The minimum absolute atomic E-state index is 0.0584. The highest BCUT2D eigenvalue weighted by Gasteiger charge is 2.56. The predicted octanol–water partition coefficient (Wildman–Crippen LogP) is 3.40. The van der Waals surface area contributed by atoms with Crippen LogP contribution in [0.4, 0.5) is 13.2 Å². The Balaban J connectivity index is 2.01. The summed E-state index contributed by atoms with van der Waals surface area (Å²) in [5.74, 6) is -1.52. The van der Waals surface area contributed by atoms with Crippen LogP contribution in [0, 0.1) is 0 Å². The predicted molar refractivity (Wildman–Crippen MR) is 111 cm³/mol. The van der Waals surface area contributed by atoms with Crippen molar-refractivity contribution in [3.8, 4) is 5.75 Å². The summed E-state index contributed by atoms with van der Waals surface area (Å²) >= 11 is 0. The van der Waals surface area contributed by atoms with Gasteiger partial charge in [0, 0.05) is 12.4 Å². The molecule has 2 unspecified atom stereocenters. The number of aromatic hydroxyl groups is 1. The van der Waals surface area contributed by atoms with Crippen LogP contribution in [0.3, 0.4) is 0 Å². The van der Waals surface area contributed by atoms with Crippen LogP contribution in [-0.4, -0.2) is 41.3 Å². The Bertz CT molecular complexity index is 1250. The quantitative estimate of drug-likeness (QED) is 0.498. The molecule has 3 N–H and O–H groups in total. The molecule has 0 aliphatic heterocycles. The van der Waals surface area contributed by atoms with Gasteiger partial charge in [-0.05, 0) is 48.9 Å². The lowest BCUT2D eigenvalue weighted by Crippen LogP contribution is -2.53. The maximum Gasteiger partial charge on any atom is 0.419 e. The molecule has 11 heteroatoms. The minimum Gasteiger partial charge on any atom is -0.507 e. The smallest absolute Gasteiger partial charge is 0.419 e. The van der Waals surface area contributed by atoms with Gasteiger partial charge in [-0.25, -0.2) is 8.42 Å². The van der Waals surface area contributed by atoms with Crippen LogP contribution in [0.15, 0.2) is 82.8 Å². The second kappa shape index (κ2) is 8.83. The fraction of sp³-hybridized carbons (Fsp3) is 0.182. The monoisotopic (exact) mass is 480 g/mol. The van der Waals surface area contributed by atoms with Gasteiger partial charge < -0.3 is 15.5 Å². The summed E-state index contributed by atoms with van der Waals surface area (Å²) in [5.41, 5.74) is -3.91. The van der Waals surface area contributed by atoms with Gasteiger partial charge in [0.1, 0.15) is 5.75 Å². The van der Waals surface area contributed by atoms with E-state index in [0.29, 0.717) is 6.92 Å². The summed E-state index contributed by atoms with van der Waals surface area (Å²) in [6.45, 7) is 0.490. The van der Waals surface area contributed by atoms with Gasteiger partial charge in [-0.15, -0.1) is 0 Å². The third-order valence-electron chi connectivity index (χ3n) is 5.04. The second-order valence-corrected chi connectivity index (χ2v) is 9.27. The first-order valence-electron chi connectivity index (χ1n) is 9.49. The topological polar surface area (TPSA) is 117 Å². The Morgan fingerprint density at radius 1 is 0.970 bits per heavy atom. The molecule has 0 saturated carbocycles. The van der Waals surface area contributed by atoms with Crippen molar-refractivity contribution in [3.63, 3.8) is 0 Å². The molecule has 3 aromatic rings. The van der Waals surface area contributed by atoms with Crippen molar-refractivity contribution in [3.05, 3.63) is 84.2 Å². The number of para-hydroxylation sites is 1. The number of benzene rings is 2. The first-order chi connectivity index (χ1) is 15.4. The van der Waals surface area contributed by atoms with Gasteiger partial charge in [0.2, 0.25) is 9.84 Å². The van der Waals surface area contributed by atoms with Crippen molar-refractivity contribution < 1.29 is 36.6 Å². The van der Waals surface area contributed by atoms with Gasteiger partial charge in [-0.3, -0.25) is 9.78 Å². The van der Waals surface area contributed by atoms with Crippen molar-refractivity contribution in [1.82, 2.24) is 10.3 Å². The average Bonchev–Trinajstić information content (AvgIpc) is 2.77. The number of aliphatic hydroxyl groups is 1. The molecule has 2 aromatic carbocycles. The SMILES string of the molecule is CC(O)(C(NC(=O)c1ccccc1O)c1ccc(S(=O)(=O)c2ccncc2)cc1)C(F)(F)F. The van der Waals surface area contributed by atoms with Gasteiger partial charge in [0.15, 0.2) is 5.60 Å². The van der Waals surface area contributed by atoms with Gasteiger partial charge in [-0.2, -0.15) is 13.2 Å². The number of phenolic OH excluding ortho intramolecular Hbond substituents is 1. The van der Waals surface area contributed by atoms with E-state index in [2.05, 4.69) is 10.3 Å². The van der Waals surface area contributed by atoms with Crippen molar-refractivity contribution in [2.24, 2.45) is 0 Å². The number of pyridine rings is 1. The zero-order valence-corrected chi connectivity index (χ0v) is 17.9. The fourth-order valence-electron chi connectivity index (χ4n) is 3.08. The van der Waals surface area contributed by atoms with Gasteiger partial charge in [0.25, 0.3) is 5.91 Å². The molecule has 33 heavy (non-hydrogen) atoms. The van der Waals surface area contributed by atoms with Crippen LogP contribution >= 0.6 is 0 Å². The average molecular weight is 480 g/mol. The minimum atomic E-state index is -5.15. The lowest BCUT2D eigenvalue weighted by Gasteiger charge is -2.35. The van der Waals surface area contributed by atoms with Crippen molar-refractivity contribution in [1.29, 1.82) is 0 Å². The zero-order valence-electron chi connectivity index (χ0n) is 17.1. The van der Waals surface area contributed by atoms with Gasteiger partial charge in [-0.1, -0.05) is 24.3 Å². The van der Waals surface area contributed by atoms with Crippen molar-refractivity contribution >= 4 is 15.7 Å². The van der Waals surface area contributed by atoms with E-state index in [4.69, 9.17) is 0 Å². The molecule has 1 amide bonds. The number of halogens is 3. The number of hydrogen-bond acceptors (Lipinski definition) is 6. The number of sulfone groups is 1. The molecule has 0 aliphatic rings. The number of rotatable bonds is 6. The maximum absolute atomic E-state index is 13.6. The van der Waals surface area contributed by atoms with E-state index >= 15 is 0 Å². The molecule has 174 valence electrons. The zero-order chi connectivity index (χ0) is 24.4. The molecule has 0 saturated heterocycles. The molecule has 1 aromatic heterocycles. The molecule has 0 spiro atoms. The molecular weight excluding hydrogens is 461 g/mol. The number of amides is 1. The number of carbonyl (C=O) groups excluding carboxylic acids is 1. The largest absolute Gasteiger partial charge is 0.507 e. The van der Waals surface area contributed by atoms with E-state index in [0.717, 1.165) is 24.3 Å². The van der Waals surface area contributed by atoms with Gasteiger partial charge >= 0.3 is 6.18 Å². The number of hydrogen-bond donors (Lipinski definition) is 3. The van der Waals surface area contributed by atoms with Crippen LogP contribution in [0.2, 0.25) is 0 Å². The summed E-state index contributed by atoms with van der Waals surface area (Å²) in [5, 5.41) is 22.3. The number of nitrogens with zero attached hydrogens (tertiary/aromatic N) is 1. The summed E-state index contributed by atoms with van der Waals surface area (Å²) in [6, 6.07) is 10.1. The molecule has 3 rings (SSSR count). The van der Waals surface area contributed by atoms with Crippen molar-refractivity contribution in [2.45, 2.75) is 34.5 Å². The Labute approximate surface area is 187 Å². The lowest BCUT2D eigenvalue weighted by atomic mass is 9.89. The molecule has 1 heterocycles. The number of carbonyl (C=O) groups is 1. The molecule has 0 bridgehead atoms. The molecule has 0 radical (unpaired) electrons. The molecule has 0 fully saturated rings. The van der Waals surface area contributed by atoms with E-state index < -0.39 is 39.3 Å². The number of aromatic nitrogens is 1. The highest BCUT2D eigenvalue weighted by atomic mass is 32.2. The van der Waals surface area contributed by atoms with Crippen LogP contribution in [-0.2, 0) is 9.84 Å². The first-order valence-corrected chi connectivity index (χ1v) is 11.0. The van der Waals surface area contributed by atoms with Crippen molar-refractivity contribution in [2.75, 3.05) is 0 Å². The molecule has 0 aliphatic carbocycles. The van der Waals surface area contributed by atoms with Crippen LogP contribution in [0.1, 0.15) is 28.9 Å². The highest BCUT2D eigenvalue weighted by molar-refractivity contribution is 7.91. The first kappa shape index (κ1) is 24.2. The number of phenols is 1. The van der Waals surface area contributed by atoms with Crippen LogP contribution in [0.25, 0.3) is 0 Å². The van der Waals surface area contributed by atoms with Crippen LogP contribution in [0.5, 0.6) is 5.75 Å². The lowest BCUT2D eigenvalue weighted by molar-refractivity contribution is -0.263. The highest BCUT2D eigenvalue weighted by Crippen LogP contribution is 2.40. The van der Waals surface area contributed by atoms with Gasteiger partial charge in [0.05, 0.1) is 21.4 Å². The summed E-state index contributed by atoms with van der Waals surface area (Å²) in [4.78, 5) is 16.1. The third-order valence-corrected chi connectivity index (χ3v) is 6.83. The standard InChI is InChI=1S/C22H19F3N2O5S/c1-21(30,22(23,24)25)19(27-20(29)17-4-2-3-5-18(17)28)14-6-8-15(9-7-14)33(31,32)16-10-12-26-13-11-16/h2-13,19,28,30H,1H3,(H,27,29). The Morgan fingerprint density at radius 3 is 2.06 bits per heavy atom. The van der Waals surface area contributed by atoms with E-state index in [1.165, 1.54) is 48.8 Å². The van der Waals surface area contributed by atoms with E-state index in [-0.39, 0.29) is 20.9 Å². The normalized spacial score (nSPS) is 14.8. The Kier molecular flexibility index (Phi) is 6.48. The van der Waals surface area contributed by atoms with E-state index in [1.807, 2.05) is 0 Å². The van der Waals surface area contributed by atoms with Crippen LogP contribution < -0.4 is 5.32 Å². The second-order valence-electron chi connectivity index (χ2n) is 7.32. The Hall–Kier alpha value is -3.44. The molecule has 2 atom stereocenters. The summed E-state index contributed by atoms with van der Waals surface area (Å²) in [7, 11) is -3.96. The van der Waals surface area contributed by atoms with E-state index in [1.54, 1.807) is 0 Å². The summed E-state index contributed by atoms with van der Waals surface area (Å²) < 4.78 is 66.3. The maximum atomic E-state index is 13.6. The number of alkyl halides is 3. The fourth-order valence-corrected chi connectivity index (χ4v) is 4.33. The summed E-state index contributed by atoms with van der Waals surface area (Å²) in [6.07, 6.45) is -2.58. The molecular formula is C22H19F3N2O5S.